The van der Waals surface area contributed by atoms with Gasteiger partial charge in [-0.3, -0.25) is 9.59 Å². The van der Waals surface area contributed by atoms with Crippen LogP contribution in [0.15, 0.2) is 0 Å². The first-order chi connectivity index (χ1) is 7.56. The van der Waals surface area contributed by atoms with Crippen LogP contribution >= 0.6 is 0 Å². The highest BCUT2D eigenvalue weighted by Gasteiger charge is 2.13. The van der Waals surface area contributed by atoms with Crippen LogP contribution in [0.25, 0.3) is 0 Å². The van der Waals surface area contributed by atoms with Crippen LogP contribution in [0.1, 0.15) is 20.3 Å². The lowest BCUT2D eigenvalue weighted by molar-refractivity contribution is -0.152. The minimum Gasteiger partial charge on any atom is -0.463 e. The van der Waals surface area contributed by atoms with Gasteiger partial charge in [-0.15, -0.1) is 0 Å². The molecule has 0 aromatic heterocycles. The minimum atomic E-state index is -1.02. The SMILES string of the molecule is CCOCCOC(=O)CC(O)COC(C)=O. The van der Waals surface area contributed by atoms with Gasteiger partial charge in [-0.25, -0.2) is 0 Å². The van der Waals surface area contributed by atoms with Crippen LogP contribution in [0.4, 0.5) is 0 Å². The number of aliphatic hydroxyl groups excluding tert-OH is 1. The van der Waals surface area contributed by atoms with Crippen LogP contribution in [0.2, 0.25) is 0 Å². The first-order valence-electron chi connectivity index (χ1n) is 5.11. The summed E-state index contributed by atoms with van der Waals surface area (Å²) in [5.74, 6) is -1.04. The average Bonchev–Trinajstić information content (AvgIpc) is 2.21. The van der Waals surface area contributed by atoms with Gasteiger partial charge in [-0.1, -0.05) is 0 Å². The van der Waals surface area contributed by atoms with E-state index < -0.39 is 18.0 Å². The zero-order chi connectivity index (χ0) is 12.4. The lowest BCUT2D eigenvalue weighted by atomic mass is 10.3. The molecule has 0 rings (SSSR count). The van der Waals surface area contributed by atoms with E-state index in [9.17, 15) is 14.7 Å². The Morgan fingerprint density at radius 1 is 1.25 bits per heavy atom. The molecule has 0 amide bonds. The summed E-state index contributed by atoms with van der Waals surface area (Å²) in [6.07, 6.45) is -1.22. The summed E-state index contributed by atoms with van der Waals surface area (Å²) in [6.45, 7) is 3.93. The van der Waals surface area contributed by atoms with Gasteiger partial charge in [0.25, 0.3) is 0 Å². The highest BCUT2D eigenvalue weighted by atomic mass is 16.6. The second-order valence-corrected chi connectivity index (χ2v) is 3.08. The Bertz CT molecular complexity index is 215. The fourth-order valence-electron chi connectivity index (χ4n) is 0.883. The van der Waals surface area contributed by atoms with E-state index in [-0.39, 0.29) is 19.6 Å². The number of carbonyl (C=O) groups excluding carboxylic acids is 2. The first kappa shape index (κ1) is 14.9. The Balaban J connectivity index is 3.50. The zero-order valence-electron chi connectivity index (χ0n) is 9.60. The van der Waals surface area contributed by atoms with Crippen LogP contribution < -0.4 is 0 Å². The molecule has 16 heavy (non-hydrogen) atoms. The third-order valence-corrected chi connectivity index (χ3v) is 1.58. The van der Waals surface area contributed by atoms with Crippen molar-refractivity contribution in [3.63, 3.8) is 0 Å². The van der Waals surface area contributed by atoms with Gasteiger partial charge in [0, 0.05) is 13.5 Å². The molecule has 6 nitrogen and oxygen atoms in total. The van der Waals surface area contributed by atoms with Crippen LogP contribution in [-0.2, 0) is 23.8 Å². The summed E-state index contributed by atoms with van der Waals surface area (Å²) in [5.41, 5.74) is 0. The maximum atomic E-state index is 11.1. The van der Waals surface area contributed by atoms with Crippen molar-refractivity contribution in [3.05, 3.63) is 0 Å². The van der Waals surface area contributed by atoms with E-state index >= 15 is 0 Å². The van der Waals surface area contributed by atoms with Gasteiger partial charge >= 0.3 is 11.9 Å². The van der Waals surface area contributed by atoms with Gasteiger partial charge in [-0.2, -0.15) is 0 Å². The summed E-state index contributed by atoms with van der Waals surface area (Å²) in [6, 6.07) is 0. The largest absolute Gasteiger partial charge is 0.463 e. The molecule has 0 aliphatic rings. The molecule has 94 valence electrons. The van der Waals surface area contributed by atoms with Crippen LogP contribution in [0.3, 0.4) is 0 Å². The lowest BCUT2D eigenvalue weighted by Crippen LogP contribution is -2.23. The molecule has 0 aliphatic carbocycles. The summed E-state index contributed by atoms with van der Waals surface area (Å²) in [5, 5.41) is 9.26. The predicted octanol–water partition coefficient (Wildman–Crippen LogP) is -0.120. The monoisotopic (exact) mass is 234 g/mol. The number of ether oxygens (including phenoxy) is 3. The van der Waals surface area contributed by atoms with Gasteiger partial charge in [-0.05, 0) is 6.92 Å². The Morgan fingerprint density at radius 2 is 1.94 bits per heavy atom. The van der Waals surface area contributed by atoms with Crippen molar-refractivity contribution in [2.45, 2.75) is 26.4 Å². The van der Waals surface area contributed by atoms with E-state index in [0.29, 0.717) is 13.2 Å². The molecule has 0 saturated carbocycles. The van der Waals surface area contributed by atoms with E-state index in [1.54, 1.807) is 0 Å². The first-order valence-corrected chi connectivity index (χ1v) is 5.11. The number of rotatable bonds is 8. The molecule has 0 radical (unpaired) electrons. The molecule has 0 bridgehead atoms. The third kappa shape index (κ3) is 9.42. The van der Waals surface area contributed by atoms with Crippen molar-refractivity contribution in [3.8, 4) is 0 Å². The molecule has 1 unspecified atom stereocenters. The summed E-state index contributed by atoms with van der Waals surface area (Å²) < 4.78 is 14.2. The number of hydrogen-bond donors (Lipinski definition) is 1. The molecule has 1 N–H and O–H groups in total. The van der Waals surface area contributed by atoms with Crippen molar-refractivity contribution in [1.82, 2.24) is 0 Å². The zero-order valence-corrected chi connectivity index (χ0v) is 9.60. The van der Waals surface area contributed by atoms with Gasteiger partial charge < -0.3 is 19.3 Å². The standard InChI is InChI=1S/C10H18O6/c1-3-14-4-5-15-10(13)6-9(12)7-16-8(2)11/h9,12H,3-7H2,1-2H3. The molecule has 6 heteroatoms. The van der Waals surface area contributed by atoms with Crippen molar-refractivity contribution < 1.29 is 28.9 Å². The normalized spacial score (nSPS) is 11.9. The molecule has 0 heterocycles. The highest BCUT2D eigenvalue weighted by molar-refractivity contribution is 5.70. The van der Waals surface area contributed by atoms with E-state index in [4.69, 9.17) is 9.47 Å². The molecule has 0 saturated heterocycles. The minimum absolute atomic E-state index is 0.160. The number of esters is 2. The van der Waals surface area contributed by atoms with Gasteiger partial charge in [0.05, 0.1) is 19.1 Å². The fourth-order valence-corrected chi connectivity index (χ4v) is 0.883. The second kappa shape index (κ2) is 9.11. The summed E-state index contributed by atoms with van der Waals surface area (Å²) in [4.78, 5) is 21.5. The van der Waals surface area contributed by atoms with E-state index in [1.807, 2.05) is 6.92 Å². The maximum Gasteiger partial charge on any atom is 0.308 e. The van der Waals surface area contributed by atoms with Crippen LogP contribution in [-0.4, -0.2) is 49.6 Å². The van der Waals surface area contributed by atoms with Crippen molar-refractivity contribution in [2.24, 2.45) is 0 Å². The molecular weight excluding hydrogens is 216 g/mol. The smallest absolute Gasteiger partial charge is 0.308 e. The molecule has 0 aliphatic heterocycles. The topological polar surface area (TPSA) is 82.1 Å². The van der Waals surface area contributed by atoms with Gasteiger partial charge in [0.2, 0.25) is 0 Å². The third-order valence-electron chi connectivity index (χ3n) is 1.58. The van der Waals surface area contributed by atoms with E-state index in [2.05, 4.69) is 4.74 Å². The van der Waals surface area contributed by atoms with E-state index in [1.165, 1.54) is 6.92 Å². The lowest BCUT2D eigenvalue weighted by Gasteiger charge is -2.10. The van der Waals surface area contributed by atoms with Gasteiger partial charge in [0.15, 0.2) is 0 Å². The maximum absolute atomic E-state index is 11.1. The Labute approximate surface area is 94.5 Å². The second-order valence-electron chi connectivity index (χ2n) is 3.08. The van der Waals surface area contributed by atoms with Crippen LogP contribution in [0.5, 0.6) is 0 Å². The molecular formula is C10H18O6. The average molecular weight is 234 g/mol. The number of hydrogen-bond acceptors (Lipinski definition) is 6. The highest BCUT2D eigenvalue weighted by Crippen LogP contribution is 1.96. The molecule has 0 spiro atoms. The van der Waals surface area contributed by atoms with Crippen molar-refractivity contribution in [1.29, 1.82) is 0 Å². The number of carbonyl (C=O) groups is 2. The number of aliphatic hydroxyl groups is 1. The van der Waals surface area contributed by atoms with Crippen molar-refractivity contribution in [2.75, 3.05) is 26.4 Å². The van der Waals surface area contributed by atoms with Crippen molar-refractivity contribution >= 4 is 11.9 Å². The predicted molar refractivity (Wildman–Crippen MR) is 54.7 cm³/mol. The Kier molecular flexibility index (Phi) is 8.46. The molecule has 1 atom stereocenters. The molecule has 0 aromatic rings. The Morgan fingerprint density at radius 3 is 2.50 bits per heavy atom. The quantitative estimate of drug-likeness (QED) is 0.466. The van der Waals surface area contributed by atoms with Gasteiger partial charge in [0.1, 0.15) is 13.2 Å². The summed E-state index contributed by atoms with van der Waals surface area (Å²) in [7, 11) is 0. The molecule has 0 fully saturated rings. The van der Waals surface area contributed by atoms with E-state index in [0.717, 1.165) is 0 Å². The Hall–Kier alpha value is -1.14. The fraction of sp³-hybridized carbons (Fsp3) is 0.800. The van der Waals surface area contributed by atoms with Crippen LogP contribution in [0, 0.1) is 0 Å². The summed E-state index contributed by atoms with van der Waals surface area (Å²) >= 11 is 0. The molecule has 0 aromatic carbocycles.